The summed E-state index contributed by atoms with van der Waals surface area (Å²) in [4.78, 5) is 33.1. The van der Waals surface area contributed by atoms with E-state index in [1.807, 2.05) is 0 Å². The molecule has 0 aliphatic carbocycles. The maximum atomic E-state index is 11.8. The van der Waals surface area contributed by atoms with E-state index < -0.39 is 30.3 Å². The van der Waals surface area contributed by atoms with Gasteiger partial charge in [0.1, 0.15) is 6.04 Å². The van der Waals surface area contributed by atoms with E-state index in [0.29, 0.717) is 0 Å². The Kier molecular flexibility index (Phi) is 5.14. The van der Waals surface area contributed by atoms with Crippen molar-refractivity contribution in [2.45, 2.75) is 12.5 Å². The molecule has 3 N–H and O–H groups in total. The quantitative estimate of drug-likeness (QED) is 0.767. The van der Waals surface area contributed by atoms with Gasteiger partial charge in [-0.1, -0.05) is 29.3 Å². The van der Waals surface area contributed by atoms with Gasteiger partial charge < -0.3 is 15.5 Å². The average molecular weight is 306 g/mol. The lowest BCUT2D eigenvalue weighted by Crippen LogP contribution is -2.42. The second kappa shape index (κ2) is 6.40. The third-order valence-corrected chi connectivity index (χ3v) is 3.00. The van der Waals surface area contributed by atoms with Crippen molar-refractivity contribution in [2.75, 3.05) is 0 Å². The smallest absolute Gasteiger partial charge is 0.326 e. The first-order valence-electron chi connectivity index (χ1n) is 5.02. The summed E-state index contributed by atoms with van der Waals surface area (Å²) in [6, 6.07) is 2.74. The van der Waals surface area contributed by atoms with Crippen molar-refractivity contribution in [2.24, 2.45) is 0 Å². The van der Waals surface area contributed by atoms with Gasteiger partial charge in [0, 0.05) is 0 Å². The van der Waals surface area contributed by atoms with Crippen LogP contribution in [0, 0.1) is 0 Å². The highest BCUT2D eigenvalue weighted by atomic mass is 35.5. The summed E-state index contributed by atoms with van der Waals surface area (Å²) >= 11 is 11.5. The summed E-state index contributed by atoms with van der Waals surface area (Å²) in [5, 5.41) is 19.5. The van der Waals surface area contributed by atoms with Gasteiger partial charge in [0.2, 0.25) is 0 Å². The molecular weight excluding hydrogens is 297 g/mol. The van der Waals surface area contributed by atoms with Gasteiger partial charge in [0.05, 0.1) is 22.0 Å². The predicted octanol–water partition coefficient (Wildman–Crippen LogP) is 1.65. The molecule has 0 spiro atoms. The topological polar surface area (TPSA) is 104 Å². The van der Waals surface area contributed by atoms with Gasteiger partial charge in [-0.2, -0.15) is 0 Å². The van der Waals surface area contributed by atoms with Crippen LogP contribution in [-0.2, 0) is 9.59 Å². The van der Waals surface area contributed by atoms with Crippen LogP contribution in [0.25, 0.3) is 0 Å². The van der Waals surface area contributed by atoms with E-state index in [0.717, 1.165) is 0 Å². The number of rotatable bonds is 5. The van der Waals surface area contributed by atoms with Crippen molar-refractivity contribution < 1.29 is 24.6 Å². The maximum absolute atomic E-state index is 11.8. The number of amides is 1. The summed E-state index contributed by atoms with van der Waals surface area (Å²) in [5.74, 6) is -3.60. The number of hydrogen-bond donors (Lipinski definition) is 3. The van der Waals surface area contributed by atoms with E-state index in [9.17, 15) is 14.4 Å². The molecule has 0 heterocycles. The van der Waals surface area contributed by atoms with Crippen LogP contribution in [0.4, 0.5) is 0 Å². The molecular formula is C11H9Cl2NO5. The van der Waals surface area contributed by atoms with Gasteiger partial charge in [-0.15, -0.1) is 0 Å². The van der Waals surface area contributed by atoms with Crippen LogP contribution in [-0.4, -0.2) is 34.1 Å². The molecule has 0 aliphatic rings. The fourth-order valence-corrected chi connectivity index (χ4v) is 1.68. The van der Waals surface area contributed by atoms with E-state index in [1.54, 1.807) is 0 Å². The highest BCUT2D eigenvalue weighted by Gasteiger charge is 2.24. The third kappa shape index (κ3) is 4.11. The lowest BCUT2D eigenvalue weighted by molar-refractivity contribution is -0.145. The number of carboxylic acids is 2. The lowest BCUT2D eigenvalue weighted by atomic mass is 10.1. The highest BCUT2D eigenvalue weighted by Crippen LogP contribution is 2.25. The first kappa shape index (κ1) is 15.3. The molecule has 1 amide bonds. The van der Waals surface area contributed by atoms with Crippen LogP contribution in [0.2, 0.25) is 10.0 Å². The number of nitrogens with one attached hydrogen (secondary N) is 1. The molecule has 0 fully saturated rings. The Bertz CT molecular complexity index is 532. The normalized spacial score (nSPS) is 11.7. The molecule has 0 aliphatic heterocycles. The van der Waals surface area contributed by atoms with Gasteiger partial charge in [0.25, 0.3) is 5.91 Å². The zero-order chi connectivity index (χ0) is 14.6. The number of carboxylic acid groups (broad SMARTS) is 2. The minimum absolute atomic E-state index is 0.0224. The largest absolute Gasteiger partial charge is 0.481 e. The van der Waals surface area contributed by atoms with Gasteiger partial charge in [-0.3, -0.25) is 9.59 Å². The van der Waals surface area contributed by atoms with Gasteiger partial charge in [-0.05, 0) is 12.1 Å². The molecule has 1 aromatic rings. The Balaban J connectivity index is 2.91. The zero-order valence-electron chi connectivity index (χ0n) is 9.39. The van der Waals surface area contributed by atoms with Crippen molar-refractivity contribution in [1.82, 2.24) is 5.32 Å². The van der Waals surface area contributed by atoms with Crippen molar-refractivity contribution in [1.29, 1.82) is 0 Å². The first-order chi connectivity index (χ1) is 8.82. The summed E-state index contributed by atoms with van der Waals surface area (Å²) in [6.07, 6.45) is -0.737. The van der Waals surface area contributed by atoms with Crippen LogP contribution in [0.5, 0.6) is 0 Å². The molecule has 6 nitrogen and oxygen atoms in total. The Hall–Kier alpha value is -1.79. The molecule has 19 heavy (non-hydrogen) atoms. The van der Waals surface area contributed by atoms with Crippen molar-refractivity contribution >= 4 is 41.0 Å². The van der Waals surface area contributed by atoms with E-state index in [1.165, 1.54) is 18.2 Å². The number of benzene rings is 1. The molecule has 0 unspecified atom stereocenters. The molecule has 0 aromatic heterocycles. The summed E-state index contributed by atoms with van der Waals surface area (Å²) in [6.45, 7) is 0. The molecule has 1 atom stereocenters. The fraction of sp³-hybridized carbons (Fsp3) is 0.182. The number of halogens is 2. The Labute approximate surface area is 117 Å². The Morgan fingerprint density at radius 1 is 1.21 bits per heavy atom. The first-order valence-corrected chi connectivity index (χ1v) is 5.78. The van der Waals surface area contributed by atoms with E-state index in [2.05, 4.69) is 5.32 Å². The van der Waals surface area contributed by atoms with Crippen LogP contribution in [0.3, 0.4) is 0 Å². The Morgan fingerprint density at radius 3 is 2.37 bits per heavy atom. The van der Waals surface area contributed by atoms with E-state index in [4.69, 9.17) is 33.4 Å². The minimum Gasteiger partial charge on any atom is -0.481 e. The molecule has 1 rings (SSSR count). The summed E-state index contributed by atoms with van der Waals surface area (Å²) in [7, 11) is 0. The molecule has 0 saturated carbocycles. The third-order valence-electron chi connectivity index (χ3n) is 2.18. The van der Waals surface area contributed by atoms with Gasteiger partial charge in [-0.25, -0.2) is 4.79 Å². The summed E-state index contributed by atoms with van der Waals surface area (Å²) < 4.78 is 0. The average Bonchev–Trinajstić information content (AvgIpc) is 2.31. The molecule has 0 saturated heterocycles. The highest BCUT2D eigenvalue weighted by molar-refractivity contribution is 6.43. The number of hydrogen-bond acceptors (Lipinski definition) is 3. The predicted molar refractivity (Wildman–Crippen MR) is 67.6 cm³/mol. The lowest BCUT2D eigenvalue weighted by Gasteiger charge is -2.13. The molecule has 1 aromatic carbocycles. The van der Waals surface area contributed by atoms with Crippen molar-refractivity contribution in [3.63, 3.8) is 0 Å². The molecule has 8 heteroatoms. The second-order valence-electron chi connectivity index (χ2n) is 3.56. The second-order valence-corrected chi connectivity index (χ2v) is 4.35. The monoisotopic (exact) mass is 305 g/mol. The Morgan fingerprint density at radius 2 is 1.84 bits per heavy atom. The number of carbonyl (C=O) groups is 3. The fourth-order valence-electron chi connectivity index (χ4n) is 1.29. The molecule has 0 bridgehead atoms. The van der Waals surface area contributed by atoms with Crippen LogP contribution >= 0.6 is 23.2 Å². The minimum atomic E-state index is -1.54. The number of aliphatic carboxylic acids is 2. The number of carbonyl (C=O) groups excluding carboxylic acids is 1. The molecule has 0 radical (unpaired) electrons. The maximum Gasteiger partial charge on any atom is 0.326 e. The van der Waals surface area contributed by atoms with Crippen LogP contribution < -0.4 is 5.32 Å². The van der Waals surface area contributed by atoms with E-state index >= 15 is 0 Å². The van der Waals surface area contributed by atoms with Gasteiger partial charge in [0.15, 0.2) is 0 Å². The standard InChI is InChI=1S/C11H9Cl2NO5/c12-6-3-1-2-5(9(6)13)10(17)14-7(11(18)19)4-8(15)16/h1-3,7H,4H2,(H,14,17)(H,15,16)(H,18,19)/t7-/m1/s1. The van der Waals surface area contributed by atoms with Crippen LogP contribution in [0.15, 0.2) is 18.2 Å². The zero-order valence-corrected chi connectivity index (χ0v) is 10.9. The van der Waals surface area contributed by atoms with Crippen LogP contribution in [0.1, 0.15) is 16.8 Å². The van der Waals surface area contributed by atoms with Gasteiger partial charge >= 0.3 is 11.9 Å². The van der Waals surface area contributed by atoms with Crippen molar-refractivity contribution in [3.8, 4) is 0 Å². The molecule has 102 valence electrons. The SMILES string of the molecule is O=C(O)C[C@@H](NC(=O)c1cccc(Cl)c1Cl)C(=O)O. The van der Waals surface area contributed by atoms with E-state index in [-0.39, 0.29) is 15.6 Å². The van der Waals surface area contributed by atoms with Crippen molar-refractivity contribution in [3.05, 3.63) is 33.8 Å². The summed E-state index contributed by atoms with van der Waals surface area (Å²) in [5.41, 5.74) is -0.0224.